The van der Waals surface area contributed by atoms with Crippen molar-refractivity contribution in [3.63, 3.8) is 0 Å². The number of aliphatic imine (C=N–C) groups is 1. The van der Waals surface area contributed by atoms with Gasteiger partial charge in [0.2, 0.25) is 0 Å². The van der Waals surface area contributed by atoms with Crippen LogP contribution in [0.2, 0.25) is 0 Å². The minimum Gasteiger partial charge on any atom is -0.382 e. The predicted octanol–water partition coefficient (Wildman–Crippen LogP) is 3.70. The van der Waals surface area contributed by atoms with Gasteiger partial charge >= 0.3 is 0 Å². The lowest BCUT2D eigenvalue weighted by Crippen LogP contribution is -2.75. The molecule has 0 saturated heterocycles. The zero-order valence-corrected chi connectivity index (χ0v) is 13.3. The average molecular weight is 290 g/mol. The van der Waals surface area contributed by atoms with E-state index in [9.17, 15) is 5.11 Å². The first-order valence-corrected chi connectivity index (χ1v) is 9.29. The van der Waals surface area contributed by atoms with E-state index in [1.54, 1.807) is 0 Å². The third kappa shape index (κ3) is 2.11. The van der Waals surface area contributed by atoms with Crippen molar-refractivity contribution in [2.75, 3.05) is 0 Å². The van der Waals surface area contributed by atoms with Gasteiger partial charge in [0.1, 0.15) is 11.3 Å². The van der Waals surface area contributed by atoms with Crippen molar-refractivity contribution in [1.82, 2.24) is 5.32 Å². The number of nitrogens with zero attached hydrogens (tertiary/aromatic N) is 1. The molecule has 1 heterocycles. The maximum atomic E-state index is 11.6. The van der Waals surface area contributed by atoms with Crippen molar-refractivity contribution in [3.8, 4) is 0 Å². The molecule has 118 valence electrons. The van der Waals surface area contributed by atoms with E-state index in [1.807, 2.05) is 0 Å². The summed E-state index contributed by atoms with van der Waals surface area (Å²) in [6, 6.07) is 0. The smallest absolute Gasteiger partial charge is 0.120 e. The molecule has 0 aromatic carbocycles. The zero-order chi connectivity index (χ0) is 14.4. The molecule has 2 spiro atoms. The van der Waals surface area contributed by atoms with E-state index in [2.05, 4.69) is 5.32 Å². The monoisotopic (exact) mass is 290 g/mol. The third-order valence-corrected chi connectivity index (χ3v) is 6.68. The van der Waals surface area contributed by atoms with E-state index < -0.39 is 5.60 Å². The molecule has 3 fully saturated rings. The average Bonchev–Trinajstić information content (AvgIpc) is 2.50. The van der Waals surface area contributed by atoms with Gasteiger partial charge in [0.15, 0.2) is 0 Å². The van der Waals surface area contributed by atoms with Crippen LogP contribution in [0.15, 0.2) is 4.99 Å². The fourth-order valence-electron chi connectivity index (χ4n) is 5.59. The second kappa shape index (κ2) is 5.06. The van der Waals surface area contributed by atoms with Crippen molar-refractivity contribution < 1.29 is 5.11 Å². The van der Waals surface area contributed by atoms with Crippen LogP contribution in [0.3, 0.4) is 0 Å². The highest BCUT2D eigenvalue weighted by atomic mass is 16.3. The summed E-state index contributed by atoms with van der Waals surface area (Å²) in [5, 5.41) is 15.6. The number of rotatable bonds is 0. The van der Waals surface area contributed by atoms with Crippen LogP contribution < -0.4 is 5.32 Å². The Morgan fingerprint density at radius 1 is 0.762 bits per heavy atom. The Bertz CT molecular complexity index is 432. The minimum atomic E-state index is -0.644. The highest BCUT2D eigenvalue weighted by Crippen LogP contribution is 2.49. The molecule has 3 aliphatic carbocycles. The van der Waals surface area contributed by atoms with Crippen LogP contribution in [-0.4, -0.2) is 27.6 Å². The van der Waals surface area contributed by atoms with Gasteiger partial charge in [0.05, 0.1) is 5.54 Å². The van der Waals surface area contributed by atoms with Gasteiger partial charge in [0, 0.05) is 5.71 Å². The molecule has 1 unspecified atom stereocenters. The molecule has 0 amide bonds. The van der Waals surface area contributed by atoms with Gasteiger partial charge in [-0.05, 0) is 64.2 Å². The summed E-state index contributed by atoms with van der Waals surface area (Å²) in [6.45, 7) is 0. The van der Waals surface area contributed by atoms with Crippen LogP contribution in [0, 0.1) is 0 Å². The van der Waals surface area contributed by atoms with E-state index in [0.717, 1.165) is 37.8 Å². The van der Waals surface area contributed by atoms with E-state index in [4.69, 9.17) is 4.99 Å². The normalized spacial score (nSPS) is 38.0. The van der Waals surface area contributed by atoms with Gasteiger partial charge in [-0.1, -0.05) is 25.7 Å². The predicted molar refractivity (Wildman–Crippen MR) is 85.6 cm³/mol. The number of aliphatic hydroxyl groups is 1. The molecular weight excluding hydrogens is 260 g/mol. The molecule has 1 aliphatic heterocycles. The van der Waals surface area contributed by atoms with Crippen LogP contribution in [0.1, 0.15) is 89.9 Å². The molecule has 3 heteroatoms. The van der Waals surface area contributed by atoms with Crippen LogP contribution >= 0.6 is 0 Å². The maximum Gasteiger partial charge on any atom is 0.120 e. The second-order valence-electron chi connectivity index (χ2n) is 7.99. The van der Waals surface area contributed by atoms with Crippen molar-refractivity contribution in [2.24, 2.45) is 4.99 Å². The lowest BCUT2D eigenvalue weighted by molar-refractivity contribution is -0.0622. The Balaban J connectivity index is 1.77. The Labute approximate surface area is 128 Å². The second-order valence-corrected chi connectivity index (χ2v) is 7.99. The minimum absolute atomic E-state index is 0.0332. The summed E-state index contributed by atoms with van der Waals surface area (Å²) < 4.78 is 0. The maximum absolute atomic E-state index is 11.6. The van der Waals surface area contributed by atoms with Gasteiger partial charge in [0.25, 0.3) is 0 Å². The van der Waals surface area contributed by atoms with E-state index in [1.165, 1.54) is 57.8 Å². The molecule has 0 aromatic rings. The fourth-order valence-corrected chi connectivity index (χ4v) is 5.59. The summed E-state index contributed by atoms with van der Waals surface area (Å²) in [4.78, 5) is 5.17. The highest BCUT2D eigenvalue weighted by molar-refractivity contribution is 5.95. The topological polar surface area (TPSA) is 44.6 Å². The summed E-state index contributed by atoms with van der Waals surface area (Å²) in [5.41, 5.74) is 0.416. The Morgan fingerprint density at radius 3 is 2.10 bits per heavy atom. The quantitative estimate of drug-likeness (QED) is 0.714. The molecule has 21 heavy (non-hydrogen) atoms. The number of nitrogens with one attached hydrogen (secondary N) is 1. The summed E-state index contributed by atoms with van der Waals surface area (Å²) in [5.74, 6) is 0. The third-order valence-electron chi connectivity index (χ3n) is 6.68. The first-order chi connectivity index (χ1) is 10.2. The summed E-state index contributed by atoms with van der Waals surface area (Å²) in [6.07, 6.45) is 16.8. The van der Waals surface area contributed by atoms with E-state index in [0.29, 0.717) is 0 Å². The van der Waals surface area contributed by atoms with Gasteiger partial charge in [-0.25, -0.2) is 0 Å². The van der Waals surface area contributed by atoms with Gasteiger partial charge in [-0.15, -0.1) is 0 Å². The van der Waals surface area contributed by atoms with Crippen molar-refractivity contribution in [2.45, 2.75) is 107 Å². The first-order valence-electron chi connectivity index (χ1n) is 9.29. The van der Waals surface area contributed by atoms with Crippen molar-refractivity contribution in [1.29, 1.82) is 0 Å². The first kappa shape index (κ1) is 14.2. The lowest BCUT2D eigenvalue weighted by atomic mass is 9.61. The SMILES string of the molecule is OC12CCCCC1=NC1(CCCCC1)NC21CCCCC1. The van der Waals surface area contributed by atoms with Crippen molar-refractivity contribution >= 4 is 5.71 Å². The molecule has 3 nitrogen and oxygen atoms in total. The van der Waals surface area contributed by atoms with E-state index in [-0.39, 0.29) is 11.2 Å². The molecule has 4 aliphatic rings. The highest BCUT2D eigenvalue weighted by Gasteiger charge is 2.59. The number of hydrogen-bond donors (Lipinski definition) is 2. The van der Waals surface area contributed by atoms with Gasteiger partial charge in [-0.3, -0.25) is 10.3 Å². The molecule has 0 bridgehead atoms. The Hall–Kier alpha value is -0.410. The summed E-state index contributed by atoms with van der Waals surface area (Å²) >= 11 is 0. The molecule has 0 aromatic heterocycles. The largest absolute Gasteiger partial charge is 0.382 e. The Kier molecular flexibility index (Phi) is 3.42. The summed E-state index contributed by atoms with van der Waals surface area (Å²) in [7, 11) is 0. The van der Waals surface area contributed by atoms with Crippen LogP contribution in [0.4, 0.5) is 0 Å². The molecular formula is C18H30N2O. The molecule has 1 atom stereocenters. The molecule has 3 saturated carbocycles. The zero-order valence-electron chi connectivity index (χ0n) is 13.3. The fraction of sp³-hybridized carbons (Fsp3) is 0.944. The van der Waals surface area contributed by atoms with Gasteiger partial charge < -0.3 is 5.11 Å². The number of fused-ring (bicyclic) bond motifs is 2. The molecule has 4 rings (SSSR count). The molecule has 2 N–H and O–H groups in total. The van der Waals surface area contributed by atoms with Crippen molar-refractivity contribution in [3.05, 3.63) is 0 Å². The molecule has 0 radical (unpaired) electrons. The Morgan fingerprint density at radius 2 is 1.38 bits per heavy atom. The van der Waals surface area contributed by atoms with Crippen LogP contribution in [0.5, 0.6) is 0 Å². The number of hydrogen-bond acceptors (Lipinski definition) is 3. The lowest BCUT2D eigenvalue weighted by Gasteiger charge is -2.59. The standard InChI is InChI=1S/C18H30N2O/c21-18-14-8-3-9-15(18)19-17(12-6-2-7-13-17)20-16(18)10-4-1-5-11-16/h20-21H,1-14H2. The van der Waals surface area contributed by atoms with Crippen LogP contribution in [0.25, 0.3) is 0 Å². The van der Waals surface area contributed by atoms with Gasteiger partial charge in [-0.2, -0.15) is 0 Å². The van der Waals surface area contributed by atoms with E-state index >= 15 is 0 Å². The van der Waals surface area contributed by atoms with Crippen LogP contribution in [-0.2, 0) is 0 Å².